The van der Waals surface area contributed by atoms with E-state index in [1.54, 1.807) is 12.4 Å². The number of benzene rings is 1. The lowest BCUT2D eigenvalue weighted by atomic mass is 10.2. The summed E-state index contributed by atoms with van der Waals surface area (Å²) in [5.74, 6) is -0.262. The van der Waals surface area contributed by atoms with Gasteiger partial charge in [0.15, 0.2) is 0 Å². The van der Waals surface area contributed by atoms with Crippen molar-refractivity contribution in [3.8, 4) is 0 Å². The molecule has 2 N–H and O–H groups in total. The van der Waals surface area contributed by atoms with Crippen molar-refractivity contribution in [2.24, 2.45) is 5.73 Å². The minimum atomic E-state index is -0.262. The molecule has 2 aromatic rings. The molecule has 3 nitrogen and oxygen atoms in total. The maximum absolute atomic E-state index is 13.6. The fraction of sp³-hybridized carbons (Fsp3) is 0.308. The van der Waals surface area contributed by atoms with Crippen molar-refractivity contribution < 1.29 is 4.39 Å². The maximum atomic E-state index is 13.6. The number of rotatable bonds is 4. The van der Waals surface area contributed by atoms with E-state index in [9.17, 15) is 4.39 Å². The van der Waals surface area contributed by atoms with Crippen LogP contribution >= 0.6 is 11.6 Å². The molecule has 1 unspecified atom stereocenters. The second-order valence-corrected chi connectivity index (χ2v) is 4.89. The average molecular weight is 268 g/mol. The maximum Gasteiger partial charge on any atom is 0.128 e. The molecule has 0 fully saturated rings. The van der Waals surface area contributed by atoms with Crippen LogP contribution in [0.3, 0.4) is 0 Å². The van der Waals surface area contributed by atoms with Crippen molar-refractivity contribution in [1.82, 2.24) is 9.55 Å². The number of imidazole rings is 1. The second-order valence-electron chi connectivity index (χ2n) is 4.45. The lowest BCUT2D eigenvalue weighted by molar-refractivity contribution is 0.599. The van der Waals surface area contributed by atoms with Crippen molar-refractivity contribution in [1.29, 1.82) is 0 Å². The summed E-state index contributed by atoms with van der Waals surface area (Å²) in [5, 5.41) is 0.530. The van der Waals surface area contributed by atoms with Crippen molar-refractivity contribution in [2.45, 2.75) is 25.9 Å². The molecule has 0 aliphatic rings. The molecule has 5 heteroatoms. The van der Waals surface area contributed by atoms with Crippen LogP contribution in [0.4, 0.5) is 4.39 Å². The lowest BCUT2D eigenvalue weighted by Crippen LogP contribution is -2.17. The molecule has 1 atom stereocenters. The summed E-state index contributed by atoms with van der Waals surface area (Å²) in [7, 11) is 0. The van der Waals surface area contributed by atoms with Gasteiger partial charge in [-0.2, -0.15) is 0 Å². The number of hydrogen-bond donors (Lipinski definition) is 1. The van der Waals surface area contributed by atoms with Gasteiger partial charge in [-0.1, -0.05) is 11.6 Å². The number of hydrogen-bond acceptors (Lipinski definition) is 2. The minimum Gasteiger partial charge on any atom is -0.333 e. The lowest BCUT2D eigenvalue weighted by Gasteiger charge is -2.05. The summed E-state index contributed by atoms with van der Waals surface area (Å²) in [6.07, 6.45) is 4.27. The first-order valence-corrected chi connectivity index (χ1v) is 6.12. The van der Waals surface area contributed by atoms with Gasteiger partial charge in [-0.15, -0.1) is 0 Å². The van der Waals surface area contributed by atoms with E-state index in [0.717, 1.165) is 5.69 Å². The van der Waals surface area contributed by atoms with Gasteiger partial charge in [0.05, 0.1) is 18.6 Å². The molecule has 1 aromatic carbocycles. The summed E-state index contributed by atoms with van der Waals surface area (Å²) in [4.78, 5) is 4.23. The summed E-state index contributed by atoms with van der Waals surface area (Å²) in [5.41, 5.74) is 7.16. The largest absolute Gasteiger partial charge is 0.333 e. The van der Waals surface area contributed by atoms with Gasteiger partial charge in [-0.3, -0.25) is 0 Å². The molecule has 1 heterocycles. The highest BCUT2D eigenvalue weighted by Gasteiger charge is 2.06. The Morgan fingerprint density at radius 2 is 2.28 bits per heavy atom. The molecular formula is C13H15ClFN3. The molecule has 0 saturated heterocycles. The van der Waals surface area contributed by atoms with Crippen LogP contribution in [-0.4, -0.2) is 15.6 Å². The Kier molecular flexibility index (Phi) is 3.99. The third-order valence-electron chi connectivity index (χ3n) is 2.58. The van der Waals surface area contributed by atoms with Gasteiger partial charge in [0, 0.05) is 29.2 Å². The molecule has 0 saturated carbocycles. The highest BCUT2D eigenvalue weighted by molar-refractivity contribution is 6.30. The van der Waals surface area contributed by atoms with Crippen LogP contribution in [0.25, 0.3) is 0 Å². The fourth-order valence-electron chi connectivity index (χ4n) is 1.79. The van der Waals surface area contributed by atoms with Gasteiger partial charge < -0.3 is 10.3 Å². The van der Waals surface area contributed by atoms with Crippen molar-refractivity contribution in [2.75, 3.05) is 0 Å². The van der Waals surface area contributed by atoms with Crippen LogP contribution in [0, 0.1) is 5.82 Å². The Balaban J connectivity index is 2.13. The summed E-state index contributed by atoms with van der Waals surface area (Å²) >= 11 is 5.85. The molecule has 0 amide bonds. The smallest absolute Gasteiger partial charge is 0.128 e. The van der Waals surface area contributed by atoms with Gasteiger partial charge in [0.1, 0.15) is 5.82 Å². The first-order chi connectivity index (χ1) is 8.54. The molecule has 0 aliphatic heterocycles. The molecule has 1 aromatic heterocycles. The van der Waals surface area contributed by atoms with Gasteiger partial charge in [0.2, 0.25) is 0 Å². The van der Waals surface area contributed by atoms with Gasteiger partial charge in [-0.25, -0.2) is 9.37 Å². The molecule has 0 spiro atoms. The third-order valence-corrected chi connectivity index (χ3v) is 2.81. The quantitative estimate of drug-likeness (QED) is 0.925. The zero-order chi connectivity index (χ0) is 13.1. The molecule has 0 radical (unpaired) electrons. The number of halogens is 2. The molecular weight excluding hydrogens is 253 g/mol. The van der Waals surface area contributed by atoms with Crippen LogP contribution < -0.4 is 5.73 Å². The predicted molar refractivity (Wildman–Crippen MR) is 70.1 cm³/mol. The first-order valence-electron chi connectivity index (χ1n) is 5.75. The van der Waals surface area contributed by atoms with E-state index in [4.69, 9.17) is 17.3 Å². The first kappa shape index (κ1) is 13.1. The van der Waals surface area contributed by atoms with E-state index in [1.165, 1.54) is 12.1 Å². The third kappa shape index (κ3) is 3.31. The van der Waals surface area contributed by atoms with Crippen LogP contribution in [-0.2, 0) is 13.0 Å². The topological polar surface area (TPSA) is 43.8 Å². The minimum absolute atomic E-state index is 0.0660. The Bertz CT molecular complexity index is 537. The normalized spacial score (nSPS) is 12.7. The van der Waals surface area contributed by atoms with Gasteiger partial charge >= 0.3 is 0 Å². The highest BCUT2D eigenvalue weighted by Crippen LogP contribution is 2.16. The summed E-state index contributed by atoms with van der Waals surface area (Å²) < 4.78 is 15.4. The van der Waals surface area contributed by atoms with E-state index in [-0.39, 0.29) is 11.9 Å². The van der Waals surface area contributed by atoms with Crippen molar-refractivity contribution in [3.63, 3.8) is 0 Å². The monoisotopic (exact) mass is 267 g/mol. The molecule has 0 bridgehead atoms. The zero-order valence-electron chi connectivity index (χ0n) is 10.1. The van der Waals surface area contributed by atoms with Crippen LogP contribution in [0.15, 0.2) is 30.7 Å². The number of nitrogens with zero attached hydrogens (tertiary/aromatic N) is 2. The average Bonchev–Trinajstić information content (AvgIpc) is 2.70. The standard InChI is InChI=1S/C13H15ClFN3/c1-9(16)4-12-7-18(8-17-12)6-10-5-11(14)2-3-13(10)15/h2-3,5,7-9H,4,6,16H2,1H3. The SMILES string of the molecule is CC(N)Cc1cn(Cc2cc(Cl)ccc2F)cn1. The predicted octanol–water partition coefficient (Wildman–Crippen LogP) is 2.61. The number of nitrogens with two attached hydrogens (primary N) is 1. The number of aromatic nitrogens is 2. The molecule has 2 rings (SSSR count). The van der Waals surface area contributed by atoms with Crippen LogP contribution in [0.1, 0.15) is 18.2 Å². The molecule has 18 heavy (non-hydrogen) atoms. The van der Waals surface area contributed by atoms with Crippen LogP contribution in [0.5, 0.6) is 0 Å². The Labute approximate surface area is 110 Å². The highest BCUT2D eigenvalue weighted by atomic mass is 35.5. The zero-order valence-corrected chi connectivity index (χ0v) is 10.9. The molecule has 0 aliphatic carbocycles. The van der Waals surface area contributed by atoms with Crippen molar-refractivity contribution in [3.05, 3.63) is 52.8 Å². The second kappa shape index (κ2) is 5.50. The van der Waals surface area contributed by atoms with E-state index in [2.05, 4.69) is 4.98 Å². The van der Waals surface area contributed by atoms with Crippen molar-refractivity contribution >= 4 is 11.6 Å². The van der Waals surface area contributed by atoms with E-state index in [0.29, 0.717) is 23.6 Å². The Hall–Kier alpha value is -1.39. The molecule has 96 valence electrons. The summed E-state index contributed by atoms with van der Waals surface area (Å²) in [6, 6.07) is 4.60. The van der Waals surface area contributed by atoms with Crippen LogP contribution in [0.2, 0.25) is 5.02 Å². The summed E-state index contributed by atoms with van der Waals surface area (Å²) in [6.45, 7) is 2.34. The fourth-order valence-corrected chi connectivity index (χ4v) is 1.98. The Morgan fingerprint density at radius 1 is 1.50 bits per heavy atom. The van der Waals surface area contributed by atoms with Gasteiger partial charge in [0.25, 0.3) is 0 Å². The van der Waals surface area contributed by atoms with E-state index < -0.39 is 0 Å². The van der Waals surface area contributed by atoms with E-state index in [1.807, 2.05) is 17.7 Å². The van der Waals surface area contributed by atoms with E-state index >= 15 is 0 Å². The Morgan fingerprint density at radius 3 is 3.00 bits per heavy atom. The van der Waals surface area contributed by atoms with Gasteiger partial charge in [-0.05, 0) is 25.1 Å².